The summed E-state index contributed by atoms with van der Waals surface area (Å²) in [5.41, 5.74) is 0.433. The van der Waals surface area contributed by atoms with E-state index < -0.39 is 11.9 Å². The minimum atomic E-state index is -0.549. The van der Waals surface area contributed by atoms with Crippen LogP contribution in [0.5, 0.6) is 0 Å². The van der Waals surface area contributed by atoms with Crippen molar-refractivity contribution in [3.05, 3.63) is 35.4 Å². The maximum absolute atomic E-state index is 12.0. The van der Waals surface area contributed by atoms with Crippen molar-refractivity contribution in [2.24, 2.45) is 5.92 Å². The van der Waals surface area contributed by atoms with Crippen molar-refractivity contribution in [2.45, 2.75) is 20.8 Å². The predicted octanol–water partition coefficient (Wildman–Crippen LogP) is 2.69. The molecule has 1 aromatic carbocycles. The average molecular weight is 294 g/mol. The molecular weight excluding hydrogens is 272 g/mol. The summed E-state index contributed by atoms with van der Waals surface area (Å²) in [5, 5.41) is 0. The first kappa shape index (κ1) is 17.2. The van der Waals surface area contributed by atoms with Crippen LogP contribution in [-0.2, 0) is 14.2 Å². The second-order valence-corrected chi connectivity index (χ2v) is 4.87. The van der Waals surface area contributed by atoms with E-state index in [0.29, 0.717) is 19.8 Å². The summed E-state index contributed by atoms with van der Waals surface area (Å²) in [6.45, 7) is 7.12. The first-order valence-electron chi connectivity index (χ1n) is 7.07. The molecule has 0 aliphatic heterocycles. The molecule has 5 nitrogen and oxygen atoms in total. The number of hydrogen-bond donors (Lipinski definition) is 0. The topological polar surface area (TPSA) is 61.8 Å². The monoisotopic (exact) mass is 294 g/mol. The fourth-order valence-electron chi connectivity index (χ4n) is 1.57. The summed E-state index contributed by atoms with van der Waals surface area (Å²) < 4.78 is 15.3. The number of rotatable bonds is 8. The molecule has 0 aliphatic carbocycles. The molecule has 5 heteroatoms. The van der Waals surface area contributed by atoms with Gasteiger partial charge in [-0.2, -0.15) is 0 Å². The van der Waals surface area contributed by atoms with Crippen LogP contribution in [0.4, 0.5) is 0 Å². The fourth-order valence-corrected chi connectivity index (χ4v) is 1.57. The first-order valence-corrected chi connectivity index (χ1v) is 7.07. The smallest absolute Gasteiger partial charge is 0.339 e. The van der Waals surface area contributed by atoms with Gasteiger partial charge in [0, 0.05) is 6.61 Å². The van der Waals surface area contributed by atoms with E-state index in [1.807, 2.05) is 20.8 Å². The van der Waals surface area contributed by atoms with Crippen LogP contribution >= 0.6 is 0 Å². The molecule has 0 heterocycles. The van der Waals surface area contributed by atoms with Gasteiger partial charge in [0.05, 0.1) is 24.3 Å². The molecule has 0 unspecified atom stereocenters. The van der Waals surface area contributed by atoms with Crippen molar-refractivity contribution in [1.82, 2.24) is 0 Å². The van der Waals surface area contributed by atoms with Gasteiger partial charge in [0.25, 0.3) is 0 Å². The Kier molecular flexibility index (Phi) is 7.46. The Morgan fingerprint density at radius 3 is 2.10 bits per heavy atom. The van der Waals surface area contributed by atoms with Crippen LogP contribution in [0, 0.1) is 5.92 Å². The maximum Gasteiger partial charge on any atom is 0.339 e. The highest BCUT2D eigenvalue weighted by Crippen LogP contribution is 2.12. The predicted molar refractivity (Wildman–Crippen MR) is 78.3 cm³/mol. The van der Waals surface area contributed by atoms with Crippen molar-refractivity contribution in [1.29, 1.82) is 0 Å². The van der Waals surface area contributed by atoms with Crippen molar-refractivity contribution >= 4 is 11.9 Å². The van der Waals surface area contributed by atoms with E-state index in [0.717, 1.165) is 0 Å². The Bertz CT molecular complexity index is 467. The lowest BCUT2D eigenvalue weighted by Gasteiger charge is -2.11. The molecule has 0 atom stereocenters. The Hall–Kier alpha value is -1.88. The van der Waals surface area contributed by atoms with E-state index in [9.17, 15) is 9.59 Å². The molecule has 1 rings (SSSR count). The normalized spacial score (nSPS) is 10.5. The quantitative estimate of drug-likeness (QED) is 0.545. The van der Waals surface area contributed by atoms with E-state index in [4.69, 9.17) is 14.2 Å². The van der Waals surface area contributed by atoms with Crippen LogP contribution in [0.3, 0.4) is 0 Å². The third kappa shape index (κ3) is 5.95. The second-order valence-electron chi connectivity index (χ2n) is 4.87. The lowest BCUT2D eigenvalue weighted by atomic mass is 10.1. The first-order chi connectivity index (χ1) is 10.1. The summed E-state index contributed by atoms with van der Waals surface area (Å²) >= 11 is 0. The summed E-state index contributed by atoms with van der Waals surface area (Å²) in [5.74, 6) is -0.827. The largest absolute Gasteiger partial charge is 0.462 e. The maximum atomic E-state index is 12.0. The zero-order valence-electron chi connectivity index (χ0n) is 12.8. The van der Waals surface area contributed by atoms with Crippen LogP contribution in [0.15, 0.2) is 24.3 Å². The second kappa shape index (κ2) is 9.13. The van der Waals surface area contributed by atoms with Crippen molar-refractivity contribution in [2.75, 3.05) is 26.4 Å². The molecule has 1 aromatic rings. The van der Waals surface area contributed by atoms with Crippen molar-refractivity contribution in [3.63, 3.8) is 0 Å². The standard InChI is InChI=1S/C16H22O5/c1-4-19-9-10-20-15(17)13-7-5-6-8-14(13)16(18)21-11-12(2)3/h5-8,12H,4,9-11H2,1-3H3. The van der Waals surface area contributed by atoms with Gasteiger partial charge in [-0.15, -0.1) is 0 Å². The zero-order valence-corrected chi connectivity index (χ0v) is 12.8. The lowest BCUT2D eigenvalue weighted by molar-refractivity contribution is 0.0322. The Balaban J connectivity index is 2.69. The molecule has 0 aromatic heterocycles. The van der Waals surface area contributed by atoms with Crippen molar-refractivity contribution < 1.29 is 23.8 Å². The molecule has 0 radical (unpaired) electrons. The van der Waals surface area contributed by atoms with Gasteiger partial charge in [-0.1, -0.05) is 26.0 Å². The zero-order chi connectivity index (χ0) is 15.7. The minimum absolute atomic E-state index is 0.155. The van der Waals surface area contributed by atoms with Crippen molar-refractivity contribution in [3.8, 4) is 0 Å². The molecule has 0 aliphatic rings. The van der Waals surface area contributed by atoms with Crippen LogP contribution in [0.25, 0.3) is 0 Å². The third-order valence-electron chi connectivity index (χ3n) is 2.58. The summed E-state index contributed by atoms with van der Waals surface area (Å²) in [6, 6.07) is 6.47. The Morgan fingerprint density at radius 1 is 1.00 bits per heavy atom. The third-order valence-corrected chi connectivity index (χ3v) is 2.58. The highest BCUT2D eigenvalue weighted by Gasteiger charge is 2.19. The molecule has 21 heavy (non-hydrogen) atoms. The van der Waals surface area contributed by atoms with Crippen LogP contribution in [0.1, 0.15) is 41.5 Å². The van der Waals surface area contributed by atoms with Crippen LogP contribution in [-0.4, -0.2) is 38.4 Å². The molecule has 0 amide bonds. The van der Waals surface area contributed by atoms with Gasteiger partial charge in [-0.05, 0) is 25.0 Å². The number of carbonyl (C=O) groups is 2. The highest BCUT2D eigenvalue weighted by molar-refractivity contribution is 6.03. The number of hydrogen-bond acceptors (Lipinski definition) is 5. The molecule has 0 bridgehead atoms. The van der Waals surface area contributed by atoms with Gasteiger partial charge < -0.3 is 14.2 Å². The number of carbonyl (C=O) groups excluding carboxylic acids is 2. The van der Waals surface area contributed by atoms with E-state index >= 15 is 0 Å². The van der Waals surface area contributed by atoms with E-state index in [1.165, 1.54) is 0 Å². The van der Waals surface area contributed by atoms with Gasteiger partial charge in [-0.25, -0.2) is 9.59 Å². The number of esters is 2. The lowest BCUT2D eigenvalue weighted by Crippen LogP contribution is -2.17. The van der Waals surface area contributed by atoms with Gasteiger partial charge in [-0.3, -0.25) is 0 Å². The molecule has 0 saturated heterocycles. The van der Waals surface area contributed by atoms with Gasteiger partial charge in [0.15, 0.2) is 0 Å². The SMILES string of the molecule is CCOCCOC(=O)c1ccccc1C(=O)OCC(C)C. The fraction of sp³-hybridized carbons (Fsp3) is 0.500. The molecule has 0 spiro atoms. The van der Waals surface area contributed by atoms with E-state index in [-0.39, 0.29) is 23.7 Å². The summed E-state index contributed by atoms with van der Waals surface area (Å²) in [7, 11) is 0. The van der Waals surface area contributed by atoms with E-state index in [2.05, 4.69) is 0 Å². The Labute approximate surface area is 125 Å². The molecular formula is C16H22O5. The minimum Gasteiger partial charge on any atom is -0.462 e. The highest BCUT2D eigenvalue weighted by atomic mass is 16.6. The number of ether oxygens (including phenoxy) is 3. The van der Waals surface area contributed by atoms with Crippen LogP contribution < -0.4 is 0 Å². The molecule has 0 fully saturated rings. The van der Waals surface area contributed by atoms with Gasteiger partial charge in [0.1, 0.15) is 6.61 Å². The average Bonchev–Trinajstić information content (AvgIpc) is 2.49. The summed E-state index contributed by atoms with van der Waals surface area (Å²) in [6.07, 6.45) is 0. The molecule has 116 valence electrons. The number of benzene rings is 1. The van der Waals surface area contributed by atoms with Gasteiger partial charge in [0.2, 0.25) is 0 Å². The molecule has 0 saturated carbocycles. The Morgan fingerprint density at radius 2 is 1.57 bits per heavy atom. The summed E-state index contributed by atoms with van der Waals surface area (Å²) in [4.78, 5) is 24.0. The van der Waals surface area contributed by atoms with Crippen LogP contribution in [0.2, 0.25) is 0 Å². The van der Waals surface area contributed by atoms with E-state index in [1.54, 1.807) is 24.3 Å². The molecule has 0 N–H and O–H groups in total. The van der Waals surface area contributed by atoms with Gasteiger partial charge >= 0.3 is 11.9 Å².